The molecule has 1 aromatic heterocycles. The van der Waals surface area contributed by atoms with Crippen LogP contribution in [0.25, 0.3) is 0 Å². The van der Waals surface area contributed by atoms with E-state index >= 15 is 0 Å². The van der Waals surface area contributed by atoms with Crippen molar-refractivity contribution >= 4 is 40.3 Å². The molecule has 2 heterocycles. The van der Waals surface area contributed by atoms with Crippen LogP contribution in [0.2, 0.25) is 0 Å². The highest BCUT2D eigenvalue weighted by Crippen LogP contribution is 2.40. The Balaban J connectivity index is 1.39. The molecule has 1 fully saturated rings. The first-order chi connectivity index (χ1) is 18.7. The molecular formula is C29H31N5O4S. The molecule has 0 saturated carbocycles. The fourth-order valence-electron chi connectivity index (χ4n) is 3.92. The quantitative estimate of drug-likeness (QED) is 0.375. The van der Waals surface area contributed by atoms with Gasteiger partial charge in [-0.05, 0) is 56.2 Å². The van der Waals surface area contributed by atoms with Gasteiger partial charge < -0.3 is 15.7 Å². The summed E-state index contributed by atoms with van der Waals surface area (Å²) in [5.41, 5.74) is 2.53. The van der Waals surface area contributed by atoms with E-state index in [1.807, 2.05) is 32.0 Å². The number of amides is 3. The number of aliphatic hydroxyl groups is 1. The Labute approximate surface area is 231 Å². The van der Waals surface area contributed by atoms with Gasteiger partial charge >= 0.3 is 0 Å². The molecule has 1 aliphatic heterocycles. The number of aliphatic imine (C=N–C) groups is 1. The molecular weight excluding hydrogens is 514 g/mol. The zero-order valence-corrected chi connectivity index (χ0v) is 22.8. The molecule has 2 aromatic carbocycles. The number of aliphatic hydroxyl groups excluding tert-OH is 1. The molecule has 0 radical (unpaired) electrons. The predicted molar refractivity (Wildman–Crippen MR) is 152 cm³/mol. The summed E-state index contributed by atoms with van der Waals surface area (Å²) in [5.74, 6) is -1.17. The van der Waals surface area contributed by atoms with Gasteiger partial charge in [0.25, 0.3) is 5.91 Å². The number of aromatic nitrogens is 1. The second-order valence-electron chi connectivity index (χ2n) is 9.40. The first-order valence-corrected chi connectivity index (χ1v) is 13.5. The van der Waals surface area contributed by atoms with Crippen molar-refractivity contribution in [2.45, 2.75) is 50.8 Å². The van der Waals surface area contributed by atoms with Crippen LogP contribution < -0.4 is 10.6 Å². The Hall–Kier alpha value is -4.02. The van der Waals surface area contributed by atoms with Crippen LogP contribution in [0, 0.1) is 0 Å². The smallest absolute Gasteiger partial charge is 0.254 e. The summed E-state index contributed by atoms with van der Waals surface area (Å²) < 4.78 is 0. The number of thioether (sulfide) groups is 1. The molecule has 9 nitrogen and oxygen atoms in total. The maximum absolute atomic E-state index is 13.4. The largest absolute Gasteiger partial charge is 0.378 e. The number of carbonyl (C=O) groups is 3. The van der Waals surface area contributed by atoms with Crippen LogP contribution in [0.5, 0.6) is 0 Å². The van der Waals surface area contributed by atoms with Gasteiger partial charge in [-0.3, -0.25) is 29.3 Å². The van der Waals surface area contributed by atoms with Crippen molar-refractivity contribution < 1.29 is 19.5 Å². The van der Waals surface area contributed by atoms with Crippen LogP contribution in [0.3, 0.4) is 0 Å². The second kappa shape index (κ2) is 12.7. The van der Waals surface area contributed by atoms with Crippen molar-refractivity contribution in [1.29, 1.82) is 0 Å². The molecule has 0 spiro atoms. The first kappa shape index (κ1) is 28.0. The van der Waals surface area contributed by atoms with Gasteiger partial charge in [-0.15, -0.1) is 0 Å². The van der Waals surface area contributed by atoms with Crippen LogP contribution in [0.4, 0.5) is 5.69 Å². The maximum Gasteiger partial charge on any atom is 0.254 e. The van der Waals surface area contributed by atoms with Crippen molar-refractivity contribution in [1.82, 2.24) is 15.2 Å². The van der Waals surface area contributed by atoms with Crippen molar-refractivity contribution in [3.63, 3.8) is 0 Å². The van der Waals surface area contributed by atoms with Gasteiger partial charge in [-0.25, -0.2) is 0 Å². The molecule has 0 aliphatic carbocycles. The van der Waals surface area contributed by atoms with E-state index < -0.39 is 29.2 Å². The molecule has 0 bridgehead atoms. The lowest BCUT2D eigenvalue weighted by Crippen LogP contribution is -2.43. The Bertz CT molecular complexity index is 1330. The minimum Gasteiger partial charge on any atom is -0.378 e. The monoisotopic (exact) mass is 545 g/mol. The van der Waals surface area contributed by atoms with Crippen LogP contribution in [0.1, 0.15) is 48.9 Å². The fourth-order valence-corrected chi connectivity index (χ4v) is 5.21. The van der Waals surface area contributed by atoms with Gasteiger partial charge in [0.2, 0.25) is 11.8 Å². The summed E-state index contributed by atoms with van der Waals surface area (Å²) >= 11 is 1.40. The predicted octanol–water partition coefficient (Wildman–Crippen LogP) is 3.84. The number of nitrogens with one attached hydrogen (secondary N) is 2. The summed E-state index contributed by atoms with van der Waals surface area (Å²) in [5, 5.41) is 15.7. The summed E-state index contributed by atoms with van der Waals surface area (Å²) in [6.45, 7) is 5.81. The van der Waals surface area contributed by atoms with Crippen molar-refractivity contribution in [2.75, 3.05) is 5.32 Å². The maximum atomic E-state index is 13.4. The number of rotatable bonds is 9. The van der Waals surface area contributed by atoms with E-state index in [0.717, 1.165) is 11.3 Å². The number of carbonyl (C=O) groups excluding carboxylic acids is 3. The molecule has 1 saturated heterocycles. The molecule has 4 rings (SSSR count). The molecule has 10 heteroatoms. The van der Waals surface area contributed by atoms with E-state index in [4.69, 9.17) is 0 Å². The molecule has 39 heavy (non-hydrogen) atoms. The number of nitrogens with zero attached hydrogens (tertiary/aromatic N) is 3. The summed E-state index contributed by atoms with van der Waals surface area (Å²) in [7, 11) is 0. The van der Waals surface area contributed by atoms with Gasteiger partial charge in [0.05, 0.1) is 12.2 Å². The zero-order chi connectivity index (χ0) is 27.9. The lowest BCUT2D eigenvalue weighted by molar-refractivity contribution is -0.132. The number of pyridine rings is 1. The van der Waals surface area contributed by atoms with E-state index in [2.05, 4.69) is 20.6 Å². The Morgan fingerprint density at radius 1 is 1.00 bits per heavy atom. The minimum absolute atomic E-state index is 0.0270. The average molecular weight is 546 g/mol. The Morgan fingerprint density at radius 2 is 1.69 bits per heavy atom. The SMILES string of the molecule is CC(C)/N=C1\SC(c2ccc(NC(=O)[C@H](C)NC(=O)[C@@H](O)c3ccccc3)cc2)C(=O)N1Cc1ccccn1. The van der Waals surface area contributed by atoms with Crippen LogP contribution >= 0.6 is 11.8 Å². The molecule has 202 valence electrons. The molecule has 3 atom stereocenters. The van der Waals surface area contributed by atoms with E-state index in [9.17, 15) is 19.5 Å². The third kappa shape index (κ3) is 7.10. The third-order valence-corrected chi connectivity index (χ3v) is 7.20. The van der Waals surface area contributed by atoms with E-state index in [1.165, 1.54) is 11.8 Å². The normalized spacial score (nSPS) is 17.8. The highest BCUT2D eigenvalue weighted by Gasteiger charge is 2.39. The van der Waals surface area contributed by atoms with Crippen LogP contribution in [-0.4, -0.2) is 50.0 Å². The van der Waals surface area contributed by atoms with E-state index in [1.54, 1.807) is 72.6 Å². The highest BCUT2D eigenvalue weighted by molar-refractivity contribution is 8.15. The number of hydrogen-bond acceptors (Lipinski definition) is 7. The topological polar surface area (TPSA) is 124 Å². The second-order valence-corrected chi connectivity index (χ2v) is 10.5. The highest BCUT2D eigenvalue weighted by atomic mass is 32.2. The average Bonchev–Trinajstić information content (AvgIpc) is 3.23. The van der Waals surface area contributed by atoms with Gasteiger partial charge in [0.1, 0.15) is 11.3 Å². The van der Waals surface area contributed by atoms with E-state index in [-0.39, 0.29) is 11.9 Å². The Morgan fingerprint density at radius 3 is 2.33 bits per heavy atom. The molecule has 3 aromatic rings. The fraction of sp³-hybridized carbons (Fsp3) is 0.276. The summed E-state index contributed by atoms with van der Waals surface area (Å²) in [6.07, 6.45) is 0.327. The summed E-state index contributed by atoms with van der Waals surface area (Å²) in [4.78, 5) is 49.1. The van der Waals surface area contributed by atoms with Crippen molar-refractivity contribution in [3.05, 3.63) is 95.8 Å². The Kier molecular flexibility index (Phi) is 9.11. The minimum atomic E-state index is -1.37. The van der Waals surface area contributed by atoms with Crippen molar-refractivity contribution in [2.24, 2.45) is 4.99 Å². The third-order valence-electron chi connectivity index (χ3n) is 5.96. The van der Waals surface area contributed by atoms with E-state index in [0.29, 0.717) is 23.0 Å². The number of anilines is 1. The molecule has 1 unspecified atom stereocenters. The number of benzene rings is 2. The van der Waals surface area contributed by atoms with Crippen LogP contribution in [0.15, 0.2) is 84.0 Å². The lowest BCUT2D eigenvalue weighted by atomic mass is 10.1. The molecule has 3 amide bonds. The van der Waals surface area contributed by atoms with Crippen LogP contribution in [-0.2, 0) is 20.9 Å². The standard InChI is InChI=1S/C29H31N5O4S/c1-18(2)31-29-34(17-23-11-7-8-16-30-23)28(38)25(39-29)21-12-14-22(15-13-21)33-26(36)19(3)32-27(37)24(35)20-9-5-4-6-10-20/h4-16,18-19,24-25,35H,17H2,1-3H3,(H,32,37)(H,33,36)/b31-29-/t19-,24-,25?/m0/s1. The number of amidine groups is 1. The van der Waals surface area contributed by atoms with Gasteiger partial charge in [-0.1, -0.05) is 60.3 Å². The van der Waals surface area contributed by atoms with Crippen molar-refractivity contribution in [3.8, 4) is 0 Å². The number of hydrogen-bond donors (Lipinski definition) is 3. The first-order valence-electron chi connectivity index (χ1n) is 12.6. The zero-order valence-electron chi connectivity index (χ0n) is 21.9. The van der Waals surface area contributed by atoms with Gasteiger partial charge in [0, 0.05) is 17.9 Å². The summed E-state index contributed by atoms with van der Waals surface area (Å²) in [6, 6.07) is 20.3. The molecule has 1 aliphatic rings. The lowest BCUT2D eigenvalue weighted by Gasteiger charge is -2.17. The van der Waals surface area contributed by atoms with Gasteiger partial charge in [-0.2, -0.15) is 0 Å². The molecule has 3 N–H and O–H groups in total. The van der Waals surface area contributed by atoms with Gasteiger partial charge in [0.15, 0.2) is 11.3 Å².